The summed E-state index contributed by atoms with van der Waals surface area (Å²) < 4.78 is 0. The molecule has 1 unspecified atom stereocenters. The molecule has 0 saturated carbocycles. The fourth-order valence-corrected chi connectivity index (χ4v) is 6.17. The van der Waals surface area contributed by atoms with Gasteiger partial charge in [-0.1, -0.05) is 133 Å². The summed E-state index contributed by atoms with van der Waals surface area (Å²) in [6.07, 6.45) is 6.95. The lowest BCUT2D eigenvalue weighted by atomic mass is 9.95. The van der Waals surface area contributed by atoms with Gasteiger partial charge in [0.1, 0.15) is 0 Å². The lowest BCUT2D eigenvalue weighted by molar-refractivity contribution is 0.815. The normalized spacial score (nSPS) is 12.3. The second-order valence-electron chi connectivity index (χ2n) is 7.40. The Balaban J connectivity index is 1.59. The van der Waals surface area contributed by atoms with Crippen molar-refractivity contribution in [2.24, 2.45) is 0 Å². The maximum absolute atomic E-state index is 2.38. The number of hydrogen-bond acceptors (Lipinski definition) is 0. The summed E-state index contributed by atoms with van der Waals surface area (Å²) in [6, 6.07) is 43.5. The van der Waals surface area contributed by atoms with E-state index in [-0.39, 0.29) is 7.92 Å². The summed E-state index contributed by atoms with van der Waals surface area (Å²) in [5.74, 6) is 0.406. The van der Waals surface area contributed by atoms with Crippen LogP contribution in [0, 0.1) is 0 Å². The number of benzene rings is 4. The third-order valence-electron chi connectivity index (χ3n) is 5.35. The molecule has 0 nitrogen and oxygen atoms in total. The molecule has 1 heteroatoms. The molecule has 0 amide bonds. The minimum atomic E-state index is -0.373. The first-order valence-corrected chi connectivity index (χ1v) is 12.1. The summed E-state index contributed by atoms with van der Waals surface area (Å²) >= 11 is 0. The van der Waals surface area contributed by atoms with E-state index in [1.807, 2.05) is 0 Å². The van der Waals surface area contributed by atoms with Crippen LogP contribution in [0.3, 0.4) is 0 Å². The molecular formula is C29H27P. The van der Waals surface area contributed by atoms with Gasteiger partial charge in [0.2, 0.25) is 0 Å². The average molecular weight is 407 g/mol. The summed E-state index contributed by atoms with van der Waals surface area (Å²) in [7, 11) is -0.373. The van der Waals surface area contributed by atoms with Gasteiger partial charge in [-0.25, -0.2) is 0 Å². The largest absolute Gasteiger partial charge is 0.0764 e. The van der Waals surface area contributed by atoms with Crippen molar-refractivity contribution in [1.29, 1.82) is 0 Å². The van der Waals surface area contributed by atoms with Crippen LogP contribution >= 0.6 is 7.92 Å². The van der Waals surface area contributed by atoms with Crippen molar-refractivity contribution < 1.29 is 0 Å². The Hall–Kier alpha value is -2.95. The van der Waals surface area contributed by atoms with Gasteiger partial charge in [0.05, 0.1) is 0 Å². The molecule has 4 rings (SSSR count). The third kappa shape index (κ3) is 5.56. The van der Waals surface area contributed by atoms with E-state index in [2.05, 4.69) is 133 Å². The van der Waals surface area contributed by atoms with Crippen LogP contribution in [0.25, 0.3) is 6.08 Å². The van der Waals surface area contributed by atoms with E-state index in [0.717, 1.165) is 6.42 Å². The van der Waals surface area contributed by atoms with Crippen LogP contribution in [-0.4, -0.2) is 6.16 Å². The fourth-order valence-electron chi connectivity index (χ4n) is 3.76. The number of rotatable bonds is 8. The molecule has 0 aromatic heterocycles. The van der Waals surface area contributed by atoms with Gasteiger partial charge in [-0.05, 0) is 42.2 Å². The van der Waals surface area contributed by atoms with E-state index in [9.17, 15) is 0 Å². The Bertz CT molecular complexity index is 985. The predicted octanol–water partition coefficient (Wildman–Crippen LogP) is 7.01. The van der Waals surface area contributed by atoms with Crippen LogP contribution in [0.15, 0.2) is 127 Å². The van der Waals surface area contributed by atoms with Crippen LogP contribution in [0.2, 0.25) is 0 Å². The maximum Gasteiger partial charge on any atom is 0.00248 e. The Morgan fingerprint density at radius 1 is 0.567 bits per heavy atom. The second-order valence-corrected chi connectivity index (χ2v) is 9.73. The summed E-state index contributed by atoms with van der Waals surface area (Å²) in [6.45, 7) is 0. The molecule has 30 heavy (non-hydrogen) atoms. The Morgan fingerprint density at radius 2 is 1.03 bits per heavy atom. The maximum atomic E-state index is 2.38. The van der Waals surface area contributed by atoms with Gasteiger partial charge in [-0.2, -0.15) is 0 Å². The zero-order valence-electron chi connectivity index (χ0n) is 17.1. The van der Waals surface area contributed by atoms with Crippen LogP contribution in [0.4, 0.5) is 0 Å². The van der Waals surface area contributed by atoms with Gasteiger partial charge in [0.25, 0.3) is 0 Å². The lowest BCUT2D eigenvalue weighted by Gasteiger charge is -2.21. The molecule has 0 N–H and O–H groups in total. The molecule has 0 aliphatic rings. The monoisotopic (exact) mass is 406 g/mol. The highest BCUT2D eigenvalue weighted by atomic mass is 31.1. The van der Waals surface area contributed by atoms with E-state index in [0.29, 0.717) is 5.92 Å². The highest BCUT2D eigenvalue weighted by Gasteiger charge is 2.16. The molecule has 0 radical (unpaired) electrons. The molecule has 0 aliphatic carbocycles. The van der Waals surface area contributed by atoms with E-state index >= 15 is 0 Å². The molecule has 0 saturated heterocycles. The highest BCUT2D eigenvalue weighted by molar-refractivity contribution is 7.73. The van der Waals surface area contributed by atoms with Gasteiger partial charge >= 0.3 is 0 Å². The Kier molecular flexibility index (Phi) is 7.26. The quantitative estimate of drug-likeness (QED) is 0.276. The standard InChI is InChI=1S/C29H27P/c1-5-13-25(14-6-1)21-22-27(26-15-7-2-8-16-26)23-24-30(28-17-9-3-10-18-28)29-19-11-4-12-20-29/h1-22,27H,23-24H2/b22-21+. The van der Waals surface area contributed by atoms with E-state index in [1.165, 1.54) is 27.9 Å². The van der Waals surface area contributed by atoms with Gasteiger partial charge < -0.3 is 0 Å². The van der Waals surface area contributed by atoms with Gasteiger partial charge in [-0.15, -0.1) is 0 Å². The van der Waals surface area contributed by atoms with Crippen molar-refractivity contribution in [3.63, 3.8) is 0 Å². The molecule has 148 valence electrons. The van der Waals surface area contributed by atoms with Crippen LogP contribution in [0.5, 0.6) is 0 Å². The topological polar surface area (TPSA) is 0 Å². The van der Waals surface area contributed by atoms with E-state index in [1.54, 1.807) is 0 Å². The summed E-state index contributed by atoms with van der Waals surface area (Å²) in [4.78, 5) is 0. The van der Waals surface area contributed by atoms with Crippen molar-refractivity contribution in [2.45, 2.75) is 12.3 Å². The molecule has 0 bridgehead atoms. The zero-order chi connectivity index (χ0) is 20.4. The van der Waals surface area contributed by atoms with Crippen LogP contribution < -0.4 is 10.6 Å². The predicted molar refractivity (Wildman–Crippen MR) is 133 cm³/mol. The molecule has 0 spiro atoms. The van der Waals surface area contributed by atoms with E-state index in [4.69, 9.17) is 0 Å². The minimum Gasteiger partial charge on any atom is -0.0764 e. The Labute approximate surface area is 181 Å². The van der Waals surface area contributed by atoms with E-state index < -0.39 is 0 Å². The van der Waals surface area contributed by atoms with Crippen molar-refractivity contribution in [3.05, 3.63) is 139 Å². The van der Waals surface area contributed by atoms with Crippen molar-refractivity contribution in [3.8, 4) is 0 Å². The highest BCUT2D eigenvalue weighted by Crippen LogP contribution is 2.37. The zero-order valence-corrected chi connectivity index (χ0v) is 18.0. The summed E-state index contributed by atoms with van der Waals surface area (Å²) in [5.41, 5.74) is 2.65. The van der Waals surface area contributed by atoms with Crippen LogP contribution in [-0.2, 0) is 0 Å². The Morgan fingerprint density at radius 3 is 1.57 bits per heavy atom. The number of hydrogen-bond donors (Lipinski definition) is 0. The number of allylic oxidation sites excluding steroid dienone is 1. The first-order chi connectivity index (χ1) is 14.9. The first-order valence-electron chi connectivity index (χ1n) is 10.6. The van der Waals surface area contributed by atoms with Crippen molar-refractivity contribution in [2.75, 3.05) is 6.16 Å². The van der Waals surface area contributed by atoms with Crippen molar-refractivity contribution >= 4 is 24.6 Å². The molecule has 0 heterocycles. The van der Waals surface area contributed by atoms with Crippen LogP contribution in [0.1, 0.15) is 23.5 Å². The smallest absolute Gasteiger partial charge is 0.00248 e. The third-order valence-corrected chi connectivity index (χ3v) is 7.90. The SMILES string of the molecule is C(=C\C(CCP(c1ccccc1)c1ccccc1)c1ccccc1)/c1ccccc1. The molecule has 4 aromatic carbocycles. The first kappa shape index (κ1) is 20.3. The molecule has 1 atom stereocenters. The lowest BCUT2D eigenvalue weighted by Crippen LogP contribution is -2.15. The minimum absolute atomic E-state index is 0.373. The molecule has 0 fully saturated rings. The van der Waals surface area contributed by atoms with Gasteiger partial charge in [0.15, 0.2) is 0 Å². The summed E-state index contributed by atoms with van der Waals surface area (Å²) in [5, 5.41) is 2.91. The molecule has 4 aromatic rings. The van der Waals surface area contributed by atoms with Gasteiger partial charge in [-0.3, -0.25) is 0 Å². The molecular weight excluding hydrogens is 379 g/mol. The average Bonchev–Trinajstić information content (AvgIpc) is 2.84. The van der Waals surface area contributed by atoms with Crippen molar-refractivity contribution in [1.82, 2.24) is 0 Å². The second kappa shape index (κ2) is 10.7. The van der Waals surface area contributed by atoms with Gasteiger partial charge in [0, 0.05) is 5.92 Å². The molecule has 0 aliphatic heterocycles. The fraction of sp³-hybridized carbons (Fsp3) is 0.103.